The highest BCUT2D eigenvalue weighted by Gasteiger charge is 2.20. The van der Waals surface area contributed by atoms with E-state index in [0.717, 1.165) is 77.0 Å². The van der Waals surface area contributed by atoms with Crippen LogP contribution in [-0.2, 0) is 0 Å². The monoisotopic (exact) mass is 727 g/mol. The molecule has 2 heterocycles. The molecule has 4 heteroatoms. The summed E-state index contributed by atoms with van der Waals surface area (Å²) in [7, 11) is 0. The SMILES string of the molecule is c1ccc(-c2ccc(-c3ccccc3-c3nc(-c4ccccc4)nc(-c4ccc(-c5cccc6oc7cc8ccccc8cc7c56)c5ccccc45)n3)cc2)cc1. The summed E-state index contributed by atoms with van der Waals surface area (Å²) in [6.45, 7) is 0. The topological polar surface area (TPSA) is 51.8 Å². The van der Waals surface area contributed by atoms with Crippen molar-refractivity contribution in [1.82, 2.24) is 15.0 Å². The van der Waals surface area contributed by atoms with Crippen molar-refractivity contribution in [3.8, 4) is 67.5 Å². The van der Waals surface area contributed by atoms with Gasteiger partial charge in [-0.2, -0.15) is 0 Å². The Morgan fingerprint density at radius 2 is 0.807 bits per heavy atom. The summed E-state index contributed by atoms with van der Waals surface area (Å²) < 4.78 is 6.48. The van der Waals surface area contributed by atoms with Gasteiger partial charge in [0.1, 0.15) is 11.2 Å². The predicted molar refractivity (Wildman–Crippen MR) is 235 cm³/mol. The highest BCUT2D eigenvalue weighted by atomic mass is 16.3. The van der Waals surface area contributed by atoms with Crippen LogP contribution in [0.1, 0.15) is 0 Å². The molecule has 0 fully saturated rings. The third kappa shape index (κ3) is 5.74. The molecule has 4 nitrogen and oxygen atoms in total. The molecule has 9 aromatic carbocycles. The van der Waals surface area contributed by atoms with E-state index in [4.69, 9.17) is 19.4 Å². The van der Waals surface area contributed by atoms with Crippen molar-refractivity contribution in [3.63, 3.8) is 0 Å². The van der Waals surface area contributed by atoms with Gasteiger partial charge in [0.25, 0.3) is 0 Å². The molecule has 0 radical (unpaired) electrons. The Morgan fingerprint density at radius 1 is 0.281 bits per heavy atom. The summed E-state index contributed by atoms with van der Waals surface area (Å²) in [5, 5.41) is 6.74. The van der Waals surface area contributed by atoms with Gasteiger partial charge in [-0.3, -0.25) is 0 Å². The van der Waals surface area contributed by atoms with E-state index >= 15 is 0 Å². The fraction of sp³-hybridized carbons (Fsp3) is 0. The summed E-state index contributed by atoms with van der Waals surface area (Å²) in [6, 6.07) is 69.8. The van der Waals surface area contributed by atoms with Gasteiger partial charge in [-0.1, -0.05) is 176 Å². The Bertz CT molecular complexity index is 3280. The maximum absolute atomic E-state index is 6.48. The Balaban J connectivity index is 1.08. The summed E-state index contributed by atoms with van der Waals surface area (Å²) in [5.41, 5.74) is 11.3. The molecule has 0 aliphatic heterocycles. The van der Waals surface area contributed by atoms with Crippen LogP contribution in [0.5, 0.6) is 0 Å². The molecule has 0 spiro atoms. The van der Waals surface area contributed by atoms with Crippen LogP contribution in [0.25, 0.3) is 111 Å². The molecule has 0 bridgehead atoms. The predicted octanol–water partition coefficient (Wildman–Crippen LogP) is 14.1. The van der Waals surface area contributed by atoms with Gasteiger partial charge in [-0.25, -0.2) is 15.0 Å². The van der Waals surface area contributed by atoms with Crippen molar-refractivity contribution < 1.29 is 4.42 Å². The lowest BCUT2D eigenvalue weighted by Crippen LogP contribution is -2.01. The molecule has 57 heavy (non-hydrogen) atoms. The van der Waals surface area contributed by atoms with Crippen LogP contribution in [0.3, 0.4) is 0 Å². The molecule has 0 saturated heterocycles. The molecule has 0 unspecified atom stereocenters. The van der Waals surface area contributed by atoms with Crippen molar-refractivity contribution in [2.24, 2.45) is 0 Å². The number of hydrogen-bond donors (Lipinski definition) is 0. The first-order chi connectivity index (χ1) is 28.2. The molecule has 0 aliphatic rings. The second kappa shape index (κ2) is 13.6. The zero-order chi connectivity index (χ0) is 37.7. The number of nitrogens with zero attached hydrogens (tertiary/aromatic N) is 3. The van der Waals surface area contributed by atoms with Crippen molar-refractivity contribution in [3.05, 3.63) is 200 Å². The Hall–Kier alpha value is -7.69. The minimum atomic E-state index is 0.620. The van der Waals surface area contributed by atoms with E-state index in [1.165, 1.54) is 16.5 Å². The first-order valence-corrected chi connectivity index (χ1v) is 19.2. The van der Waals surface area contributed by atoms with Gasteiger partial charge in [0, 0.05) is 27.5 Å². The third-order valence-corrected chi connectivity index (χ3v) is 11.0. The lowest BCUT2D eigenvalue weighted by Gasteiger charge is -2.15. The summed E-state index contributed by atoms with van der Waals surface area (Å²) >= 11 is 0. The van der Waals surface area contributed by atoms with E-state index in [1.807, 2.05) is 24.3 Å². The van der Waals surface area contributed by atoms with E-state index in [1.54, 1.807) is 0 Å². The third-order valence-electron chi connectivity index (χ3n) is 11.0. The van der Waals surface area contributed by atoms with Gasteiger partial charge >= 0.3 is 0 Å². The molecule has 11 rings (SSSR count). The van der Waals surface area contributed by atoms with Gasteiger partial charge in [0.2, 0.25) is 0 Å². The zero-order valence-corrected chi connectivity index (χ0v) is 30.8. The van der Waals surface area contributed by atoms with Crippen molar-refractivity contribution in [2.45, 2.75) is 0 Å². The number of rotatable bonds is 6. The average Bonchev–Trinajstić information content (AvgIpc) is 3.66. The number of hydrogen-bond acceptors (Lipinski definition) is 4. The van der Waals surface area contributed by atoms with Crippen LogP contribution in [0.4, 0.5) is 0 Å². The molecular weight excluding hydrogens is 695 g/mol. The standard InChI is InChI=1S/C53H33N3O/c1-3-14-34(15-4-1)35-26-28-36(29-27-35)40-20-9-12-23-45(40)52-54-51(37-16-5-2-6-17-37)55-53(56-52)46-31-30-43(41-21-10-11-22-42(41)46)44-24-13-25-48-50(44)47-32-38-18-7-8-19-39(38)33-49(47)57-48/h1-33H. The molecule has 0 saturated carbocycles. The van der Waals surface area contributed by atoms with Crippen LogP contribution in [0, 0.1) is 0 Å². The molecule has 0 atom stereocenters. The molecule has 2 aromatic heterocycles. The maximum atomic E-state index is 6.48. The van der Waals surface area contributed by atoms with Gasteiger partial charge in [-0.15, -0.1) is 0 Å². The van der Waals surface area contributed by atoms with E-state index < -0.39 is 0 Å². The molecular formula is C53H33N3O. The zero-order valence-electron chi connectivity index (χ0n) is 30.8. The number of fused-ring (bicyclic) bond motifs is 5. The second-order valence-corrected chi connectivity index (χ2v) is 14.3. The van der Waals surface area contributed by atoms with E-state index in [-0.39, 0.29) is 0 Å². The van der Waals surface area contributed by atoms with Gasteiger partial charge in [0.15, 0.2) is 17.5 Å². The average molecular weight is 728 g/mol. The van der Waals surface area contributed by atoms with Crippen LogP contribution in [0.2, 0.25) is 0 Å². The molecule has 0 N–H and O–H groups in total. The van der Waals surface area contributed by atoms with Crippen LogP contribution in [-0.4, -0.2) is 15.0 Å². The number of aromatic nitrogens is 3. The quantitative estimate of drug-likeness (QED) is 0.171. The van der Waals surface area contributed by atoms with Gasteiger partial charge < -0.3 is 4.42 Å². The van der Waals surface area contributed by atoms with Gasteiger partial charge in [-0.05, 0) is 79.2 Å². The molecule has 0 aliphatic carbocycles. The minimum Gasteiger partial charge on any atom is -0.456 e. The van der Waals surface area contributed by atoms with Crippen LogP contribution in [0.15, 0.2) is 205 Å². The van der Waals surface area contributed by atoms with Crippen LogP contribution >= 0.6 is 0 Å². The normalized spacial score (nSPS) is 11.5. The van der Waals surface area contributed by atoms with Crippen LogP contribution < -0.4 is 0 Å². The lowest BCUT2D eigenvalue weighted by molar-refractivity contribution is 0.669. The number of furan rings is 1. The molecule has 11 aromatic rings. The Kier molecular flexibility index (Phi) is 7.78. The van der Waals surface area contributed by atoms with E-state index in [0.29, 0.717) is 17.5 Å². The molecule has 266 valence electrons. The van der Waals surface area contributed by atoms with E-state index in [9.17, 15) is 0 Å². The minimum absolute atomic E-state index is 0.620. The fourth-order valence-corrected chi connectivity index (χ4v) is 8.20. The smallest absolute Gasteiger partial charge is 0.164 e. The maximum Gasteiger partial charge on any atom is 0.164 e. The Morgan fingerprint density at radius 3 is 1.56 bits per heavy atom. The Labute approximate surface area is 329 Å². The first-order valence-electron chi connectivity index (χ1n) is 19.2. The highest BCUT2D eigenvalue weighted by Crippen LogP contribution is 2.43. The lowest BCUT2D eigenvalue weighted by atomic mass is 9.92. The number of benzene rings is 9. The second-order valence-electron chi connectivity index (χ2n) is 14.3. The highest BCUT2D eigenvalue weighted by molar-refractivity contribution is 6.18. The first kappa shape index (κ1) is 32.7. The van der Waals surface area contributed by atoms with Crippen molar-refractivity contribution >= 4 is 43.5 Å². The van der Waals surface area contributed by atoms with E-state index in [2.05, 4.69) is 176 Å². The summed E-state index contributed by atoms with van der Waals surface area (Å²) in [4.78, 5) is 15.6. The largest absolute Gasteiger partial charge is 0.456 e. The van der Waals surface area contributed by atoms with Crippen molar-refractivity contribution in [1.29, 1.82) is 0 Å². The van der Waals surface area contributed by atoms with Crippen molar-refractivity contribution in [2.75, 3.05) is 0 Å². The summed E-state index contributed by atoms with van der Waals surface area (Å²) in [5.74, 6) is 1.87. The van der Waals surface area contributed by atoms with Gasteiger partial charge in [0.05, 0.1) is 0 Å². The summed E-state index contributed by atoms with van der Waals surface area (Å²) in [6.07, 6.45) is 0. The fourth-order valence-electron chi connectivity index (χ4n) is 8.20. The molecule has 0 amide bonds.